The maximum atomic E-state index is 14.8. The number of benzene rings is 4. The number of carbonyl (C=O) groups excluding carboxylic acids is 1. The minimum atomic E-state index is -4.65. The standard InChI is InChI=1S/C59H69FN8O9S/c1-37(2)45-7-5-6-8-46(45)52-36-65(35-39-25-40-15-24-76-55(40)54(26-39)75-4)22-23-67(52)42-30-59(31-42)18-20-66(21-19-59)41-9-11-47(53(27-41)77-43-28-48-49(60)34-63-56(48)62-33-43)57(69)64-78(73,74)44-10-12-50(51(29-44)68(71)72)61-32-38-13-16-58(3,70)17-14-38/h5-12,25-29,33-34,37-38,42,52,61,70H,13-24,30-32,35-36H2,1-4H3,(H,62,63)(H,64,69)/t38-,52-,58-/m0/s1. The van der Waals surface area contributed by atoms with Crippen molar-refractivity contribution in [2.45, 2.75) is 114 Å². The van der Waals surface area contributed by atoms with E-state index in [1.165, 1.54) is 58.9 Å². The van der Waals surface area contributed by atoms with Crippen molar-refractivity contribution in [1.29, 1.82) is 0 Å². The van der Waals surface area contributed by atoms with E-state index in [9.17, 15) is 32.8 Å². The normalized spacial score (nSPS) is 21.8. The molecule has 2 aromatic heterocycles. The van der Waals surface area contributed by atoms with Crippen LogP contribution >= 0.6 is 0 Å². The second-order valence-electron chi connectivity index (χ2n) is 22.9. The van der Waals surface area contributed by atoms with E-state index in [0.717, 1.165) is 107 Å². The molecule has 4 aromatic carbocycles. The summed E-state index contributed by atoms with van der Waals surface area (Å²) in [6.07, 6.45) is 10.3. The minimum Gasteiger partial charge on any atom is -0.493 e. The van der Waals surface area contributed by atoms with Crippen LogP contribution in [-0.4, -0.2) is 109 Å². The number of nitrogens with zero attached hydrogens (tertiary/aromatic N) is 5. The fraction of sp³-hybridized carbons (Fsp3) is 0.458. The van der Waals surface area contributed by atoms with E-state index >= 15 is 0 Å². The monoisotopic (exact) mass is 1080 g/mol. The number of halogens is 1. The van der Waals surface area contributed by atoms with Crippen LogP contribution in [-0.2, 0) is 23.0 Å². The average molecular weight is 1090 g/mol. The average Bonchev–Trinajstić information content (AvgIpc) is 4.21. The summed E-state index contributed by atoms with van der Waals surface area (Å²) in [5, 5.41) is 25.9. The highest BCUT2D eigenvalue weighted by atomic mass is 32.2. The van der Waals surface area contributed by atoms with Crippen molar-refractivity contribution in [2.75, 3.05) is 63.2 Å². The van der Waals surface area contributed by atoms with Crippen LogP contribution in [0.5, 0.6) is 23.0 Å². The topological polar surface area (TPSA) is 205 Å². The van der Waals surface area contributed by atoms with Crippen LogP contribution in [0.15, 0.2) is 96.2 Å². The number of piperazine rings is 1. The lowest BCUT2D eigenvalue weighted by Crippen LogP contribution is -2.60. The van der Waals surface area contributed by atoms with E-state index < -0.39 is 42.9 Å². The van der Waals surface area contributed by atoms with Crippen molar-refractivity contribution in [3.05, 3.63) is 135 Å². The van der Waals surface area contributed by atoms with Crippen LogP contribution in [0.4, 0.5) is 21.5 Å². The van der Waals surface area contributed by atoms with E-state index in [-0.39, 0.29) is 45.5 Å². The van der Waals surface area contributed by atoms with Gasteiger partial charge in [0.05, 0.1) is 46.3 Å². The number of nitro benzene ring substituents is 1. The number of aliphatic hydroxyl groups is 1. The van der Waals surface area contributed by atoms with Crippen molar-refractivity contribution in [2.24, 2.45) is 11.3 Å². The number of piperidine rings is 1. The molecule has 11 rings (SSSR count). The fourth-order valence-electron chi connectivity index (χ4n) is 12.8. The first kappa shape index (κ1) is 53.2. The molecule has 78 heavy (non-hydrogen) atoms. The lowest BCUT2D eigenvalue weighted by atomic mass is 9.59. The number of sulfonamides is 1. The van der Waals surface area contributed by atoms with E-state index in [1.807, 2.05) is 0 Å². The number of anilines is 2. The van der Waals surface area contributed by atoms with Gasteiger partial charge in [-0.1, -0.05) is 44.2 Å². The predicted molar refractivity (Wildman–Crippen MR) is 296 cm³/mol. The summed E-state index contributed by atoms with van der Waals surface area (Å²) in [6, 6.07) is 24.0. The third-order valence-electron chi connectivity index (χ3n) is 17.3. The first-order valence-electron chi connectivity index (χ1n) is 27.3. The van der Waals surface area contributed by atoms with Gasteiger partial charge in [-0.2, -0.15) is 0 Å². The van der Waals surface area contributed by atoms with Crippen LogP contribution < -0.4 is 29.1 Å². The van der Waals surface area contributed by atoms with Crippen molar-refractivity contribution in [3.8, 4) is 23.0 Å². The van der Waals surface area contributed by atoms with E-state index in [4.69, 9.17) is 14.2 Å². The third kappa shape index (κ3) is 11.0. The maximum Gasteiger partial charge on any atom is 0.293 e. The van der Waals surface area contributed by atoms with Crippen LogP contribution in [0.1, 0.15) is 117 Å². The molecule has 4 fully saturated rings. The number of pyridine rings is 1. The van der Waals surface area contributed by atoms with Crippen molar-refractivity contribution in [3.63, 3.8) is 0 Å². The summed E-state index contributed by atoms with van der Waals surface area (Å²) in [5.41, 5.74) is 5.34. The number of rotatable bonds is 16. The Balaban J connectivity index is 0.786. The number of methoxy groups -OCH3 is 1. The highest BCUT2D eigenvalue weighted by molar-refractivity contribution is 7.90. The second kappa shape index (κ2) is 21.4. The Kier molecular flexibility index (Phi) is 14.6. The van der Waals surface area contributed by atoms with Gasteiger partial charge in [0.15, 0.2) is 11.5 Å². The molecule has 0 unspecified atom stereocenters. The number of carbonyl (C=O) groups is 1. The van der Waals surface area contributed by atoms with Gasteiger partial charge in [-0.05, 0) is 129 Å². The van der Waals surface area contributed by atoms with Crippen molar-refractivity contribution in [1.82, 2.24) is 24.5 Å². The Morgan fingerprint density at radius 1 is 1.00 bits per heavy atom. The summed E-state index contributed by atoms with van der Waals surface area (Å²) >= 11 is 0. The molecule has 0 bridgehead atoms. The Bertz CT molecular complexity index is 3340. The van der Waals surface area contributed by atoms with Gasteiger partial charge in [0.1, 0.15) is 28.7 Å². The molecule has 6 aromatic rings. The first-order chi connectivity index (χ1) is 37.4. The van der Waals surface area contributed by atoms with Gasteiger partial charge in [0.25, 0.3) is 21.6 Å². The van der Waals surface area contributed by atoms with Crippen LogP contribution in [0.3, 0.4) is 0 Å². The number of nitro groups is 1. The molecule has 0 radical (unpaired) electrons. The number of hydrogen-bond acceptors (Lipinski definition) is 14. The van der Waals surface area contributed by atoms with Crippen molar-refractivity contribution < 1.29 is 41.8 Å². The molecule has 19 heteroatoms. The number of aromatic nitrogens is 2. The summed E-state index contributed by atoms with van der Waals surface area (Å²) < 4.78 is 62.6. The molecular formula is C59H69FN8O9S. The molecule has 1 spiro atoms. The maximum absolute atomic E-state index is 14.8. The quantitative estimate of drug-likeness (QED) is 0.0526. The molecule has 5 heterocycles. The Morgan fingerprint density at radius 2 is 1.78 bits per heavy atom. The van der Waals surface area contributed by atoms with Gasteiger partial charge in [-0.3, -0.25) is 24.7 Å². The summed E-state index contributed by atoms with van der Waals surface area (Å²) in [4.78, 5) is 40.0. The van der Waals surface area contributed by atoms with Gasteiger partial charge in [0.2, 0.25) is 0 Å². The zero-order valence-corrected chi connectivity index (χ0v) is 45.5. The van der Waals surface area contributed by atoms with E-state index in [0.29, 0.717) is 43.6 Å². The molecule has 1 atom stereocenters. The molecule has 3 aliphatic heterocycles. The summed E-state index contributed by atoms with van der Waals surface area (Å²) in [5.74, 6) is 0.825. The van der Waals surface area contributed by atoms with Crippen molar-refractivity contribution >= 4 is 44.0 Å². The third-order valence-corrected chi connectivity index (χ3v) is 18.6. The first-order valence-corrected chi connectivity index (χ1v) is 28.8. The number of nitrogens with one attached hydrogen (secondary N) is 3. The number of H-pyrrole nitrogens is 1. The highest BCUT2D eigenvalue weighted by Crippen LogP contribution is 2.54. The van der Waals surface area contributed by atoms with E-state index in [1.54, 1.807) is 26.2 Å². The molecule has 17 nitrogen and oxygen atoms in total. The summed E-state index contributed by atoms with van der Waals surface area (Å²) in [6.45, 7) is 12.7. The number of fused-ring (bicyclic) bond motifs is 2. The van der Waals surface area contributed by atoms with Crippen LogP contribution in [0, 0.1) is 27.3 Å². The molecular weight excluding hydrogens is 1020 g/mol. The lowest BCUT2D eigenvalue weighted by molar-refractivity contribution is -0.384. The molecule has 4 N–H and O–H groups in total. The summed E-state index contributed by atoms with van der Waals surface area (Å²) in [7, 11) is -2.94. The number of amides is 1. The molecule has 2 saturated carbocycles. The Morgan fingerprint density at radius 3 is 2.54 bits per heavy atom. The van der Waals surface area contributed by atoms with Gasteiger partial charge in [0, 0.05) is 93.9 Å². The molecule has 2 aliphatic carbocycles. The van der Waals surface area contributed by atoms with Gasteiger partial charge >= 0.3 is 0 Å². The molecule has 5 aliphatic rings. The zero-order chi connectivity index (χ0) is 54.5. The number of hydrogen-bond donors (Lipinski definition) is 4. The number of aromatic amines is 1. The highest BCUT2D eigenvalue weighted by Gasteiger charge is 2.50. The van der Waals surface area contributed by atoms with Crippen LogP contribution in [0.2, 0.25) is 0 Å². The predicted octanol–water partition coefficient (Wildman–Crippen LogP) is 10.2. The fourth-order valence-corrected chi connectivity index (χ4v) is 13.8. The van der Waals surface area contributed by atoms with Crippen LogP contribution in [0.25, 0.3) is 11.0 Å². The Hall–Kier alpha value is -6.80. The lowest BCUT2D eigenvalue weighted by Gasteiger charge is -2.58. The van der Waals surface area contributed by atoms with Gasteiger partial charge in [-0.15, -0.1) is 0 Å². The van der Waals surface area contributed by atoms with Gasteiger partial charge < -0.3 is 34.5 Å². The minimum absolute atomic E-state index is 0.0206. The zero-order valence-electron chi connectivity index (χ0n) is 44.7. The largest absolute Gasteiger partial charge is 0.493 e. The van der Waals surface area contributed by atoms with Gasteiger partial charge in [-0.25, -0.2) is 22.5 Å². The molecule has 412 valence electrons. The second-order valence-corrected chi connectivity index (χ2v) is 24.6. The molecule has 2 saturated heterocycles. The Labute approximate surface area is 454 Å². The SMILES string of the molecule is COc1cc(CN2CCN(C3CC4(CCN(c5ccc(C(=O)NS(=O)(=O)c6ccc(NC[C@H]7CC[C@](C)(O)CC7)c([N+](=O)[O-])c6)c(Oc6cnc7[nH]cc(F)c7c6)c5)CC4)C3)[C@H](c3ccccc3C(C)C)C2)cc2c1OCC2. The molecule has 1 amide bonds. The number of ether oxygens (including phenoxy) is 3. The smallest absolute Gasteiger partial charge is 0.293 e. The van der Waals surface area contributed by atoms with E-state index in [2.05, 4.69) is 85.0 Å².